The van der Waals surface area contributed by atoms with Gasteiger partial charge in [0.2, 0.25) is 5.91 Å². The largest absolute Gasteiger partial charge is 0.495 e. The van der Waals surface area contributed by atoms with Crippen molar-refractivity contribution in [2.75, 3.05) is 39.1 Å². The second kappa shape index (κ2) is 8.98. The van der Waals surface area contributed by atoms with Crippen LogP contribution in [0.15, 0.2) is 18.2 Å². The molecule has 0 radical (unpaired) electrons. The van der Waals surface area contributed by atoms with E-state index in [-0.39, 0.29) is 18.3 Å². The Morgan fingerprint density at radius 3 is 2.91 bits per heavy atom. The van der Waals surface area contributed by atoms with E-state index in [9.17, 15) is 4.79 Å². The highest BCUT2D eigenvalue weighted by Gasteiger charge is 2.25. The molecule has 1 fully saturated rings. The summed E-state index contributed by atoms with van der Waals surface area (Å²) >= 11 is 0. The van der Waals surface area contributed by atoms with E-state index >= 15 is 0 Å². The van der Waals surface area contributed by atoms with Gasteiger partial charge in [-0.2, -0.15) is 0 Å². The van der Waals surface area contributed by atoms with Gasteiger partial charge in [0.15, 0.2) is 0 Å². The first kappa shape index (κ1) is 18.7. The molecule has 5 nitrogen and oxygen atoms in total. The van der Waals surface area contributed by atoms with Crippen LogP contribution < -0.4 is 15.4 Å². The van der Waals surface area contributed by atoms with Crippen LogP contribution in [0.2, 0.25) is 0 Å². The topological polar surface area (TPSA) is 53.6 Å². The Labute approximate surface area is 138 Å². The first-order chi connectivity index (χ1) is 10.1. The molecule has 0 saturated carbocycles. The van der Waals surface area contributed by atoms with Crippen LogP contribution in [0.5, 0.6) is 5.75 Å². The molecular formula is C16H26ClN3O2. The number of rotatable bonds is 6. The number of anilines is 1. The Morgan fingerprint density at radius 1 is 1.45 bits per heavy atom. The highest BCUT2D eigenvalue weighted by atomic mass is 35.5. The normalized spacial score (nSPS) is 17.9. The zero-order valence-corrected chi connectivity index (χ0v) is 14.3. The second-order valence-corrected chi connectivity index (χ2v) is 5.58. The lowest BCUT2D eigenvalue weighted by molar-refractivity contribution is -0.117. The summed E-state index contributed by atoms with van der Waals surface area (Å²) in [5, 5.41) is 6.16. The fourth-order valence-electron chi connectivity index (χ4n) is 2.86. The number of nitrogens with zero attached hydrogens (tertiary/aromatic N) is 1. The molecule has 2 rings (SSSR count). The van der Waals surface area contributed by atoms with Crippen molar-refractivity contribution in [1.82, 2.24) is 10.2 Å². The summed E-state index contributed by atoms with van der Waals surface area (Å²) in [5.41, 5.74) is 1.84. The highest BCUT2D eigenvalue weighted by Crippen LogP contribution is 2.25. The van der Waals surface area contributed by atoms with E-state index in [1.165, 1.54) is 0 Å². The summed E-state index contributed by atoms with van der Waals surface area (Å²) in [4.78, 5) is 14.5. The summed E-state index contributed by atoms with van der Waals surface area (Å²) < 4.78 is 5.29. The highest BCUT2D eigenvalue weighted by molar-refractivity contribution is 5.93. The Morgan fingerprint density at radius 2 is 2.23 bits per heavy atom. The number of nitrogens with one attached hydrogen (secondary N) is 2. The number of likely N-dealkylation sites (tertiary alicyclic amines) is 1. The lowest BCUT2D eigenvalue weighted by atomic mass is 10.2. The minimum Gasteiger partial charge on any atom is -0.495 e. The van der Waals surface area contributed by atoms with E-state index in [1.807, 2.05) is 32.2 Å². The van der Waals surface area contributed by atoms with Gasteiger partial charge in [-0.05, 0) is 51.1 Å². The number of carbonyl (C=O) groups is 1. The molecule has 0 spiro atoms. The minimum atomic E-state index is 0. The first-order valence-corrected chi connectivity index (χ1v) is 7.47. The van der Waals surface area contributed by atoms with Crippen molar-refractivity contribution in [3.8, 4) is 5.75 Å². The summed E-state index contributed by atoms with van der Waals surface area (Å²) in [6.07, 6.45) is 2.31. The zero-order chi connectivity index (χ0) is 15.2. The Bertz CT molecular complexity index is 496. The van der Waals surface area contributed by atoms with Crippen molar-refractivity contribution < 1.29 is 9.53 Å². The number of likely N-dealkylation sites (N-methyl/N-ethyl adjacent to an activating group) is 1. The van der Waals surface area contributed by atoms with Gasteiger partial charge in [-0.25, -0.2) is 0 Å². The van der Waals surface area contributed by atoms with Crippen LogP contribution in [0.25, 0.3) is 0 Å². The van der Waals surface area contributed by atoms with Crippen molar-refractivity contribution in [1.29, 1.82) is 0 Å². The molecule has 0 aromatic heterocycles. The van der Waals surface area contributed by atoms with Gasteiger partial charge in [0, 0.05) is 12.6 Å². The van der Waals surface area contributed by atoms with Gasteiger partial charge in [0.05, 0.1) is 19.3 Å². The molecule has 1 aromatic carbocycles. The smallest absolute Gasteiger partial charge is 0.238 e. The minimum absolute atomic E-state index is 0. The van der Waals surface area contributed by atoms with Crippen molar-refractivity contribution in [3.05, 3.63) is 23.8 Å². The van der Waals surface area contributed by atoms with Gasteiger partial charge in [-0.15, -0.1) is 12.4 Å². The second-order valence-electron chi connectivity index (χ2n) is 5.58. The monoisotopic (exact) mass is 327 g/mol. The molecule has 0 bridgehead atoms. The first-order valence-electron chi connectivity index (χ1n) is 7.47. The van der Waals surface area contributed by atoms with E-state index in [0.29, 0.717) is 18.3 Å². The third kappa shape index (κ3) is 4.87. The predicted molar refractivity (Wildman–Crippen MR) is 92.1 cm³/mol. The SMILES string of the molecule is CNCC1CCCN1CC(=O)Nc1cc(C)ccc1OC.Cl. The molecule has 1 unspecified atom stereocenters. The fraction of sp³-hybridized carbons (Fsp3) is 0.562. The van der Waals surface area contributed by atoms with Crippen molar-refractivity contribution in [3.63, 3.8) is 0 Å². The van der Waals surface area contributed by atoms with Crippen LogP contribution in [0, 0.1) is 6.92 Å². The van der Waals surface area contributed by atoms with Crippen molar-refractivity contribution >= 4 is 24.0 Å². The lowest BCUT2D eigenvalue weighted by Gasteiger charge is -2.23. The molecule has 1 aliphatic rings. The number of hydrogen-bond donors (Lipinski definition) is 2. The van der Waals surface area contributed by atoms with Crippen LogP contribution in [0.1, 0.15) is 18.4 Å². The van der Waals surface area contributed by atoms with Gasteiger partial charge in [0.25, 0.3) is 0 Å². The van der Waals surface area contributed by atoms with Gasteiger partial charge < -0.3 is 15.4 Å². The molecule has 22 heavy (non-hydrogen) atoms. The van der Waals surface area contributed by atoms with E-state index in [2.05, 4.69) is 15.5 Å². The van der Waals surface area contributed by atoms with E-state index in [1.54, 1.807) is 7.11 Å². The van der Waals surface area contributed by atoms with E-state index in [4.69, 9.17) is 4.74 Å². The molecule has 1 atom stereocenters. The maximum absolute atomic E-state index is 12.3. The van der Waals surface area contributed by atoms with Crippen LogP contribution in [0.4, 0.5) is 5.69 Å². The summed E-state index contributed by atoms with van der Waals surface area (Å²) in [6, 6.07) is 6.24. The third-order valence-electron chi connectivity index (χ3n) is 3.91. The summed E-state index contributed by atoms with van der Waals surface area (Å²) in [5.74, 6) is 0.712. The maximum atomic E-state index is 12.3. The van der Waals surface area contributed by atoms with Crippen LogP contribution in [0.3, 0.4) is 0 Å². The predicted octanol–water partition coefficient (Wildman–Crippen LogP) is 2.05. The van der Waals surface area contributed by atoms with Crippen LogP contribution >= 0.6 is 12.4 Å². The van der Waals surface area contributed by atoms with Crippen molar-refractivity contribution in [2.45, 2.75) is 25.8 Å². The maximum Gasteiger partial charge on any atom is 0.238 e. The average molecular weight is 328 g/mol. The van der Waals surface area contributed by atoms with Gasteiger partial charge >= 0.3 is 0 Å². The van der Waals surface area contributed by atoms with Crippen LogP contribution in [-0.2, 0) is 4.79 Å². The van der Waals surface area contributed by atoms with Crippen molar-refractivity contribution in [2.24, 2.45) is 0 Å². The number of amides is 1. The summed E-state index contributed by atoms with van der Waals surface area (Å²) in [7, 11) is 3.57. The number of halogens is 1. The van der Waals surface area contributed by atoms with Gasteiger partial charge in [-0.3, -0.25) is 9.69 Å². The molecule has 0 aliphatic carbocycles. The lowest BCUT2D eigenvalue weighted by Crippen LogP contribution is -2.41. The van der Waals surface area contributed by atoms with Gasteiger partial charge in [0.1, 0.15) is 5.75 Å². The van der Waals surface area contributed by atoms with E-state index in [0.717, 1.165) is 37.2 Å². The summed E-state index contributed by atoms with van der Waals surface area (Å²) in [6.45, 7) is 4.35. The number of hydrogen-bond acceptors (Lipinski definition) is 4. The molecule has 1 amide bonds. The number of benzene rings is 1. The standard InChI is InChI=1S/C16H25N3O2.ClH/c1-12-6-7-15(21-3)14(9-12)18-16(20)11-19-8-4-5-13(19)10-17-2;/h6-7,9,13,17H,4-5,8,10-11H2,1-3H3,(H,18,20);1H. The molecule has 1 aromatic rings. The number of methoxy groups -OCH3 is 1. The third-order valence-corrected chi connectivity index (χ3v) is 3.91. The molecule has 2 N–H and O–H groups in total. The molecule has 1 aliphatic heterocycles. The Hall–Kier alpha value is -1.30. The van der Waals surface area contributed by atoms with E-state index < -0.39 is 0 Å². The van der Waals surface area contributed by atoms with Gasteiger partial charge in [-0.1, -0.05) is 6.07 Å². The number of aryl methyl sites for hydroxylation is 1. The average Bonchev–Trinajstić information content (AvgIpc) is 2.86. The van der Waals surface area contributed by atoms with Crippen LogP contribution in [-0.4, -0.2) is 50.6 Å². The Balaban J connectivity index is 0.00000242. The molecule has 6 heteroatoms. The number of carbonyl (C=O) groups excluding carboxylic acids is 1. The molecule has 1 saturated heterocycles. The quantitative estimate of drug-likeness (QED) is 0.839. The zero-order valence-electron chi connectivity index (χ0n) is 13.5. The molecule has 124 valence electrons. The number of ether oxygens (including phenoxy) is 1. The molecular weight excluding hydrogens is 302 g/mol. The molecule has 1 heterocycles. The fourth-order valence-corrected chi connectivity index (χ4v) is 2.86. The Kier molecular flexibility index (Phi) is 7.65.